The second-order valence-corrected chi connectivity index (χ2v) is 8.40. The van der Waals surface area contributed by atoms with E-state index >= 15 is 0 Å². The average molecular weight is 416 g/mol. The molecule has 1 aromatic carbocycles. The maximum absolute atomic E-state index is 13.3. The fraction of sp³-hybridized carbons (Fsp3) is 0.652. The first-order chi connectivity index (χ1) is 14.6. The lowest BCUT2D eigenvalue weighted by molar-refractivity contribution is -0.139. The molecule has 30 heavy (non-hydrogen) atoms. The Balaban J connectivity index is 1.42. The molecule has 2 amide bonds. The van der Waals surface area contributed by atoms with Crippen LogP contribution < -0.4 is 9.47 Å². The molecule has 3 aliphatic rings. The van der Waals surface area contributed by atoms with Gasteiger partial charge in [-0.25, -0.2) is 0 Å². The molecule has 1 aromatic rings. The van der Waals surface area contributed by atoms with Gasteiger partial charge in [0.1, 0.15) is 0 Å². The third-order valence-electron chi connectivity index (χ3n) is 6.79. The molecule has 4 rings (SSSR count). The van der Waals surface area contributed by atoms with E-state index in [1.807, 2.05) is 9.80 Å². The summed E-state index contributed by atoms with van der Waals surface area (Å²) in [5.74, 6) is 2.04. The number of ether oxygens (including phenoxy) is 2. The van der Waals surface area contributed by atoms with Gasteiger partial charge >= 0.3 is 0 Å². The first kappa shape index (κ1) is 21.0. The quantitative estimate of drug-likeness (QED) is 0.715. The highest BCUT2D eigenvalue weighted by atomic mass is 16.7. The molecule has 1 atom stereocenters. The van der Waals surface area contributed by atoms with E-state index in [9.17, 15) is 9.59 Å². The molecule has 2 heterocycles. The molecule has 0 N–H and O–H groups in total. The second-order valence-electron chi connectivity index (χ2n) is 8.40. The van der Waals surface area contributed by atoms with Crippen LogP contribution in [0.4, 0.5) is 0 Å². The van der Waals surface area contributed by atoms with Crippen molar-refractivity contribution < 1.29 is 19.1 Å². The van der Waals surface area contributed by atoms with Crippen LogP contribution in [0.3, 0.4) is 0 Å². The van der Waals surface area contributed by atoms with Gasteiger partial charge in [0.15, 0.2) is 11.5 Å². The van der Waals surface area contributed by atoms with Crippen molar-refractivity contribution in [3.8, 4) is 11.5 Å². The molecular formula is C23H33N3O4. The van der Waals surface area contributed by atoms with E-state index in [-0.39, 0.29) is 24.6 Å². The van der Waals surface area contributed by atoms with Crippen molar-refractivity contribution in [2.24, 2.45) is 5.92 Å². The lowest BCUT2D eigenvalue weighted by Crippen LogP contribution is -2.58. The summed E-state index contributed by atoms with van der Waals surface area (Å²) in [5, 5.41) is 0. The Bertz CT molecular complexity index is 766. The summed E-state index contributed by atoms with van der Waals surface area (Å²) in [5.41, 5.74) is 0.624. The Kier molecular flexibility index (Phi) is 6.46. The van der Waals surface area contributed by atoms with Crippen molar-refractivity contribution in [1.29, 1.82) is 0 Å². The summed E-state index contributed by atoms with van der Waals surface area (Å²) < 4.78 is 10.7. The van der Waals surface area contributed by atoms with Gasteiger partial charge in [-0.1, -0.05) is 12.8 Å². The Morgan fingerprint density at radius 3 is 2.37 bits per heavy atom. The predicted octanol–water partition coefficient (Wildman–Crippen LogP) is 2.60. The zero-order valence-electron chi connectivity index (χ0n) is 18.1. The number of hydrogen-bond acceptors (Lipinski definition) is 5. The summed E-state index contributed by atoms with van der Waals surface area (Å²) in [6, 6.07) is 5.32. The number of fused-ring (bicyclic) bond motifs is 1. The van der Waals surface area contributed by atoms with E-state index in [4.69, 9.17) is 9.47 Å². The first-order valence-corrected chi connectivity index (χ1v) is 11.3. The van der Waals surface area contributed by atoms with Crippen molar-refractivity contribution in [3.63, 3.8) is 0 Å². The predicted molar refractivity (Wildman–Crippen MR) is 114 cm³/mol. The van der Waals surface area contributed by atoms with E-state index in [0.29, 0.717) is 36.1 Å². The highest BCUT2D eigenvalue weighted by Crippen LogP contribution is 2.34. The molecule has 2 fully saturated rings. The maximum Gasteiger partial charge on any atom is 0.254 e. The lowest BCUT2D eigenvalue weighted by atomic mass is 9.94. The molecule has 0 spiro atoms. The van der Waals surface area contributed by atoms with Crippen LogP contribution in [0.5, 0.6) is 11.5 Å². The van der Waals surface area contributed by atoms with Gasteiger partial charge in [0, 0.05) is 44.8 Å². The van der Waals surface area contributed by atoms with Crippen molar-refractivity contribution in [3.05, 3.63) is 23.8 Å². The van der Waals surface area contributed by atoms with Crippen molar-refractivity contribution >= 4 is 11.8 Å². The molecule has 1 aliphatic carbocycles. The number of rotatable bonds is 6. The molecular weight excluding hydrogens is 382 g/mol. The number of nitrogens with zero attached hydrogens (tertiary/aromatic N) is 3. The van der Waals surface area contributed by atoms with Crippen molar-refractivity contribution in [1.82, 2.24) is 14.7 Å². The molecule has 164 valence electrons. The van der Waals surface area contributed by atoms with Gasteiger partial charge in [-0.2, -0.15) is 0 Å². The fourth-order valence-electron chi connectivity index (χ4n) is 5.07. The molecule has 1 saturated heterocycles. The number of benzene rings is 1. The van der Waals surface area contributed by atoms with Crippen molar-refractivity contribution in [2.45, 2.75) is 45.6 Å². The number of piperazine rings is 1. The summed E-state index contributed by atoms with van der Waals surface area (Å²) in [7, 11) is 0. The standard InChI is InChI=1S/C23H33N3O4/c1-3-24(4-2)23(28)21(17-7-5-6-8-17)25-11-13-26(14-12-25)22(27)18-9-10-19-20(15-18)30-16-29-19/h9-10,15,17,21H,3-8,11-14,16H2,1-2H3. The summed E-state index contributed by atoms with van der Waals surface area (Å²) in [6.45, 7) is 8.57. The lowest BCUT2D eigenvalue weighted by Gasteiger charge is -2.42. The molecule has 7 nitrogen and oxygen atoms in total. The minimum Gasteiger partial charge on any atom is -0.454 e. The Labute approximate surface area is 178 Å². The van der Waals surface area contributed by atoms with Crippen LogP contribution >= 0.6 is 0 Å². The SMILES string of the molecule is CCN(CC)C(=O)C(C1CCCC1)N1CCN(C(=O)c2ccc3c(c2)OCO3)CC1. The van der Waals surface area contributed by atoms with Crippen LogP contribution in [0, 0.1) is 5.92 Å². The Morgan fingerprint density at radius 1 is 1.03 bits per heavy atom. The maximum atomic E-state index is 13.3. The van der Waals surface area contributed by atoms with Crippen LogP contribution in [0.1, 0.15) is 49.9 Å². The fourth-order valence-corrected chi connectivity index (χ4v) is 5.07. The Hall–Kier alpha value is -2.28. The van der Waals surface area contributed by atoms with Gasteiger partial charge in [-0.3, -0.25) is 14.5 Å². The number of likely N-dealkylation sites (N-methyl/N-ethyl adjacent to an activating group) is 1. The molecule has 2 aliphatic heterocycles. The van der Waals surface area contributed by atoms with Gasteiger partial charge < -0.3 is 19.3 Å². The minimum atomic E-state index is -0.0461. The molecule has 1 saturated carbocycles. The average Bonchev–Trinajstić information content (AvgIpc) is 3.46. The normalized spacial score (nSPS) is 20.4. The highest BCUT2D eigenvalue weighted by molar-refractivity contribution is 5.95. The third-order valence-corrected chi connectivity index (χ3v) is 6.79. The second kappa shape index (κ2) is 9.25. The zero-order valence-corrected chi connectivity index (χ0v) is 18.1. The van der Waals surface area contributed by atoms with Gasteiger partial charge in [0.2, 0.25) is 12.7 Å². The van der Waals surface area contributed by atoms with Crippen molar-refractivity contribution in [2.75, 3.05) is 46.1 Å². The monoisotopic (exact) mass is 415 g/mol. The van der Waals surface area contributed by atoms with E-state index < -0.39 is 0 Å². The van der Waals surface area contributed by atoms with Crippen LogP contribution in [0.15, 0.2) is 18.2 Å². The van der Waals surface area contributed by atoms with Crippen LogP contribution in [-0.4, -0.2) is 78.6 Å². The topological polar surface area (TPSA) is 62.3 Å². The third kappa shape index (κ3) is 4.13. The smallest absolute Gasteiger partial charge is 0.254 e. The van der Waals surface area contributed by atoms with E-state index in [1.54, 1.807) is 18.2 Å². The number of carbonyl (C=O) groups excluding carboxylic acids is 2. The highest BCUT2D eigenvalue weighted by Gasteiger charge is 2.38. The number of hydrogen-bond donors (Lipinski definition) is 0. The number of amides is 2. The van der Waals surface area contributed by atoms with Gasteiger partial charge in [-0.15, -0.1) is 0 Å². The van der Waals surface area contributed by atoms with Crippen LogP contribution in [0.2, 0.25) is 0 Å². The molecule has 0 aromatic heterocycles. The summed E-state index contributed by atoms with van der Waals surface area (Å²) >= 11 is 0. The molecule has 0 radical (unpaired) electrons. The van der Waals surface area contributed by atoms with E-state index in [2.05, 4.69) is 18.7 Å². The zero-order chi connectivity index (χ0) is 21.1. The summed E-state index contributed by atoms with van der Waals surface area (Å²) in [4.78, 5) is 32.5. The van der Waals surface area contributed by atoms with E-state index in [1.165, 1.54) is 12.8 Å². The Morgan fingerprint density at radius 2 is 1.70 bits per heavy atom. The molecule has 7 heteroatoms. The van der Waals surface area contributed by atoms with Gasteiger partial charge in [-0.05, 0) is 50.8 Å². The first-order valence-electron chi connectivity index (χ1n) is 11.3. The van der Waals surface area contributed by atoms with Crippen LogP contribution in [-0.2, 0) is 4.79 Å². The van der Waals surface area contributed by atoms with Gasteiger partial charge in [0.05, 0.1) is 6.04 Å². The number of carbonyl (C=O) groups is 2. The minimum absolute atomic E-state index is 0.0143. The van der Waals surface area contributed by atoms with E-state index in [0.717, 1.165) is 39.0 Å². The molecule has 1 unspecified atom stereocenters. The van der Waals surface area contributed by atoms with Gasteiger partial charge in [0.25, 0.3) is 5.91 Å². The largest absolute Gasteiger partial charge is 0.454 e. The summed E-state index contributed by atoms with van der Waals surface area (Å²) in [6.07, 6.45) is 4.70. The van der Waals surface area contributed by atoms with Crippen LogP contribution in [0.25, 0.3) is 0 Å². The molecule has 0 bridgehead atoms.